The van der Waals surface area contributed by atoms with E-state index in [1.54, 1.807) is 0 Å². The molecule has 0 aliphatic rings. The minimum Gasteiger partial charge on any atom is -0.469 e. The van der Waals surface area contributed by atoms with Gasteiger partial charge in [0.05, 0.1) is 19.6 Å². The molecule has 3 nitrogen and oxygen atoms in total. The van der Waals surface area contributed by atoms with Crippen LogP contribution in [0, 0.1) is 5.92 Å². The second-order valence-corrected chi connectivity index (χ2v) is 2.14. The van der Waals surface area contributed by atoms with E-state index >= 15 is 0 Å². The Morgan fingerprint density at radius 1 is 1.60 bits per heavy atom. The van der Waals surface area contributed by atoms with Gasteiger partial charge in [-0.2, -0.15) is 0 Å². The molecule has 60 valence electrons. The molecule has 0 saturated heterocycles. The smallest absolute Gasteiger partial charge is 0.312 e. The summed E-state index contributed by atoms with van der Waals surface area (Å²) in [6.45, 7) is 0.316. The molecule has 0 aliphatic carbocycles. The molecule has 0 fully saturated rings. The first-order chi connectivity index (χ1) is 4.76. The number of hydrogen-bond donors (Lipinski definition) is 0. The highest BCUT2D eigenvalue weighted by Crippen LogP contribution is 2.01. The van der Waals surface area contributed by atoms with Crippen molar-refractivity contribution in [2.24, 2.45) is 5.92 Å². The molecule has 1 unspecified atom stereocenters. The first-order valence-electron chi connectivity index (χ1n) is 2.89. The lowest BCUT2D eigenvalue weighted by atomic mass is 10.2. The zero-order valence-electron chi connectivity index (χ0n) is 6.09. The van der Waals surface area contributed by atoms with E-state index in [1.807, 2.05) is 0 Å². The van der Waals surface area contributed by atoms with Crippen molar-refractivity contribution in [3.05, 3.63) is 0 Å². The molecule has 10 heavy (non-hydrogen) atoms. The SMILES string of the molecule is COCC(CCl)C(=O)OC. The number of ether oxygens (including phenoxy) is 2. The molecule has 0 aromatic heterocycles. The third-order valence-corrected chi connectivity index (χ3v) is 1.46. The number of methoxy groups -OCH3 is 2. The summed E-state index contributed by atoms with van der Waals surface area (Å²) in [7, 11) is 2.85. The average Bonchev–Trinajstić information content (AvgIpc) is 1.99. The van der Waals surface area contributed by atoms with E-state index < -0.39 is 0 Å². The maximum absolute atomic E-state index is 10.7. The Hall–Kier alpha value is -0.280. The van der Waals surface area contributed by atoms with Crippen molar-refractivity contribution in [2.45, 2.75) is 0 Å². The van der Waals surface area contributed by atoms with Crippen LogP contribution in [0.5, 0.6) is 0 Å². The van der Waals surface area contributed by atoms with Crippen LogP contribution < -0.4 is 0 Å². The highest BCUT2D eigenvalue weighted by atomic mass is 35.5. The first-order valence-corrected chi connectivity index (χ1v) is 3.42. The van der Waals surface area contributed by atoms with Gasteiger partial charge in [0.2, 0.25) is 0 Å². The normalized spacial score (nSPS) is 12.7. The Labute approximate surface area is 65.3 Å². The summed E-state index contributed by atoms with van der Waals surface area (Å²) in [5.41, 5.74) is 0. The molecule has 0 saturated carbocycles. The topological polar surface area (TPSA) is 35.5 Å². The van der Waals surface area contributed by atoms with Crippen LogP contribution in [-0.4, -0.2) is 32.7 Å². The van der Waals surface area contributed by atoms with Gasteiger partial charge in [-0.15, -0.1) is 11.6 Å². The van der Waals surface area contributed by atoms with Crippen molar-refractivity contribution in [3.8, 4) is 0 Å². The molecule has 0 rings (SSSR count). The van der Waals surface area contributed by atoms with Gasteiger partial charge in [-0.3, -0.25) is 4.79 Å². The van der Waals surface area contributed by atoms with Gasteiger partial charge in [-0.1, -0.05) is 0 Å². The fourth-order valence-corrected chi connectivity index (χ4v) is 0.759. The van der Waals surface area contributed by atoms with Gasteiger partial charge in [-0.25, -0.2) is 0 Å². The quantitative estimate of drug-likeness (QED) is 0.455. The molecular formula is C6H11ClO3. The van der Waals surface area contributed by atoms with E-state index in [4.69, 9.17) is 16.3 Å². The summed E-state index contributed by atoms with van der Waals surface area (Å²) >= 11 is 5.44. The monoisotopic (exact) mass is 166 g/mol. The number of hydrogen-bond acceptors (Lipinski definition) is 3. The number of carbonyl (C=O) groups excluding carboxylic acids is 1. The molecular weight excluding hydrogens is 156 g/mol. The maximum Gasteiger partial charge on any atom is 0.312 e. The van der Waals surface area contributed by atoms with E-state index in [2.05, 4.69) is 4.74 Å². The van der Waals surface area contributed by atoms with Crippen molar-refractivity contribution in [1.29, 1.82) is 0 Å². The van der Waals surface area contributed by atoms with E-state index in [0.717, 1.165) is 0 Å². The Bertz CT molecular complexity index is 105. The summed E-state index contributed by atoms with van der Waals surface area (Å²) in [6, 6.07) is 0. The fourth-order valence-electron chi connectivity index (χ4n) is 0.543. The van der Waals surface area contributed by atoms with E-state index in [-0.39, 0.29) is 17.8 Å². The van der Waals surface area contributed by atoms with Gasteiger partial charge in [0.15, 0.2) is 0 Å². The van der Waals surface area contributed by atoms with E-state index in [1.165, 1.54) is 14.2 Å². The minimum atomic E-state index is -0.336. The van der Waals surface area contributed by atoms with Crippen LogP contribution in [0.1, 0.15) is 0 Å². The van der Waals surface area contributed by atoms with Gasteiger partial charge in [-0.05, 0) is 0 Å². The number of halogens is 1. The number of alkyl halides is 1. The molecule has 0 aromatic carbocycles. The minimum absolute atomic E-state index is 0.237. The van der Waals surface area contributed by atoms with Crippen LogP contribution in [-0.2, 0) is 14.3 Å². The zero-order chi connectivity index (χ0) is 7.98. The summed E-state index contributed by atoms with van der Waals surface area (Å²) in [5, 5.41) is 0. The average molecular weight is 167 g/mol. The van der Waals surface area contributed by atoms with Crippen molar-refractivity contribution >= 4 is 17.6 Å². The van der Waals surface area contributed by atoms with Crippen LogP contribution >= 0.6 is 11.6 Å². The predicted octanol–water partition coefficient (Wildman–Crippen LogP) is 0.661. The van der Waals surface area contributed by atoms with E-state index in [0.29, 0.717) is 6.61 Å². The summed E-state index contributed by atoms with van der Waals surface area (Å²) < 4.78 is 9.18. The molecule has 1 atom stereocenters. The fraction of sp³-hybridized carbons (Fsp3) is 0.833. The third-order valence-electron chi connectivity index (χ3n) is 1.09. The summed E-state index contributed by atoms with van der Waals surface area (Å²) in [5.74, 6) is -0.422. The number of carbonyl (C=O) groups is 1. The van der Waals surface area contributed by atoms with Crippen LogP contribution in [0.4, 0.5) is 0 Å². The van der Waals surface area contributed by atoms with Crippen LogP contribution in [0.15, 0.2) is 0 Å². The lowest BCUT2D eigenvalue weighted by molar-refractivity contribution is -0.146. The van der Waals surface area contributed by atoms with Gasteiger partial charge in [0.1, 0.15) is 0 Å². The molecule has 0 radical (unpaired) electrons. The molecule has 0 N–H and O–H groups in total. The van der Waals surface area contributed by atoms with Crippen LogP contribution in [0.25, 0.3) is 0 Å². The molecule has 4 heteroatoms. The van der Waals surface area contributed by atoms with Gasteiger partial charge in [0.25, 0.3) is 0 Å². The second-order valence-electron chi connectivity index (χ2n) is 1.83. The highest BCUT2D eigenvalue weighted by molar-refractivity contribution is 6.19. The molecule has 0 aliphatic heterocycles. The van der Waals surface area contributed by atoms with E-state index in [9.17, 15) is 4.79 Å². The highest BCUT2D eigenvalue weighted by Gasteiger charge is 2.16. The van der Waals surface area contributed by atoms with Gasteiger partial charge < -0.3 is 9.47 Å². The van der Waals surface area contributed by atoms with Gasteiger partial charge in [0, 0.05) is 13.0 Å². The Morgan fingerprint density at radius 3 is 2.50 bits per heavy atom. The van der Waals surface area contributed by atoms with Crippen LogP contribution in [0.2, 0.25) is 0 Å². The van der Waals surface area contributed by atoms with Crippen LogP contribution in [0.3, 0.4) is 0 Å². The molecule has 0 spiro atoms. The van der Waals surface area contributed by atoms with Crippen molar-refractivity contribution in [1.82, 2.24) is 0 Å². The molecule has 0 heterocycles. The summed E-state index contributed by atoms with van der Waals surface area (Å²) in [6.07, 6.45) is 0. The number of esters is 1. The lowest BCUT2D eigenvalue weighted by Gasteiger charge is -2.08. The molecule has 0 amide bonds. The Kier molecular flexibility index (Phi) is 5.35. The lowest BCUT2D eigenvalue weighted by Crippen LogP contribution is -2.22. The van der Waals surface area contributed by atoms with Crippen molar-refractivity contribution in [2.75, 3.05) is 26.7 Å². The molecule has 0 bridgehead atoms. The van der Waals surface area contributed by atoms with Gasteiger partial charge >= 0.3 is 5.97 Å². The maximum atomic E-state index is 10.7. The number of rotatable bonds is 4. The Balaban J connectivity index is 3.68. The van der Waals surface area contributed by atoms with Crippen molar-refractivity contribution in [3.63, 3.8) is 0 Å². The van der Waals surface area contributed by atoms with Crippen molar-refractivity contribution < 1.29 is 14.3 Å². The molecule has 0 aromatic rings. The zero-order valence-corrected chi connectivity index (χ0v) is 6.85. The predicted molar refractivity (Wildman–Crippen MR) is 38.1 cm³/mol. The standard InChI is InChI=1S/C6H11ClO3/c1-9-4-5(3-7)6(8)10-2/h5H,3-4H2,1-2H3. The second kappa shape index (κ2) is 5.50. The summed E-state index contributed by atoms with van der Waals surface area (Å²) in [4.78, 5) is 10.7. The first kappa shape index (κ1) is 9.72. The largest absolute Gasteiger partial charge is 0.469 e. The Morgan fingerprint density at radius 2 is 2.20 bits per heavy atom. The third kappa shape index (κ3) is 3.03.